The van der Waals surface area contributed by atoms with Crippen LogP contribution < -0.4 is 5.76 Å². The fraction of sp³-hybridized carbons (Fsp3) is 0.125. The van der Waals surface area contributed by atoms with E-state index in [9.17, 15) is 4.79 Å². The number of nitrogens with zero attached hydrogens (tertiary/aromatic N) is 1. The maximum Gasteiger partial charge on any atom is 0.419 e. The predicted octanol–water partition coefficient (Wildman–Crippen LogP) is 0.837. The van der Waals surface area contributed by atoms with Gasteiger partial charge < -0.3 is 9.52 Å². The van der Waals surface area contributed by atoms with Crippen LogP contribution in [0, 0.1) is 0 Å². The van der Waals surface area contributed by atoms with Gasteiger partial charge in [-0.2, -0.15) is 0 Å². The van der Waals surface area contributed by atoms with Gasteiger partial charge in [-0.1, -0.05) is 0 Å². The van der Waals surface area contributed by atoms with Crippen molar-refractivity contribution in [3.8, 4) is 5.75 Å². The van der Waals surface area contributed by atoms with Gasteiger partial charge in [0.25, 0.3) is 0 Å². The topological polar surface area (TPSA) is 55.4 Å². The molecule has 1 aromatic carbocycles. The van der Waals surface area contributed by atoms with Gasteiger partial charge in [0.05, 0.1) is 5.52 Å². The summed E-state index contributed by atoms with van der Waals surface area (Å²) in [5.41, 5.74) is 1.08. The Morgan fingerprint density at radius 2 is 2.25 bits per heavy atom. The van der Waals surface area contributed by atoms with Crippen molar-refractivity contribution in [2.45, 2.75) is 0 Å². The molecule has 0 radical (unpaired) electrons. The summed E-state index contributed by atoms with van der Waals surface area (Å²) < 4.78 is 6.21. The number of aromatic hydroxyl groups is 1. The number of hydrogen-bond donors (Lipinski definition) is 1. The average Bonchev–Trinajstić information content (AvgIpc) is 2.28. The van der Waals surface area contributed by atoms with Crippen LogP contribution in [0.2, 0.25) is 0 Å². The minimum absolute atomic E-state index is 0.0943. The summed E-state index contributed by atoms with van der Waals surface area (Å²) in [5, 5.41) is 9.06. The molecule has 1 aromatic heterocycles. The summed E-state index contributed by atoms with van der Waals surface area (Å²) in [6.45, 7) is 0. The molecule has 62 valence electrons. The maximum atomic E-state index is 11.0. The molecule has 0 aliphatic carbocycles. The molecule has 0 aliphatic heterocycles. The number of oxazole rings is 1. The van der Waals surface area contributed by atoms with Gasteiger partial charge in [-0.15, -0.1) is 0 Å². The summed E-state index contributed by atoms with van der Waals surface area (Å²) in [6.07, 6.45) is 0. The molecule has 1 N–H and O–H groups in total. The molecule has 1 heterocycles. The van der Waals surface area contributed by atoms with E-state index in [1.165, 1.54) is 16.7 Å². The maximum absolute atomic E-state index is 11.0. The molecule has 0 fully saturated rings. The van der Waals surface area contributed by atoms with Crippen molar-refractivity contribution in [3.63, 3.8) is 0 Å². The molecule has 0 atom stereocenters. The molecular weight excluding hydrogens is 158 g/mol. The van der Waals surface area contributed by atoms with Gasteiger partial charge in [0.15, 0.2) is 5.58 Å². The van der Waals surface area contributed by atoms with Crippen LogP contribution in [0.25, 0.3) is 11.1 Å². The number of benzene rings is 1. The molecule has 0 bridgehead atoms. The second-order valence-electron chi connectivity index (χ2n) is 2.58. The summed E-state index contributed by atoms with van der Waals surface area (Å²) in [6, 6.07) is 4.56. The van der Waals surface area contributed by atoms with E-state index >= 15 is 0 Å². The normalized spacial score (nSPS) is 10.8. The standard InChI is InChI=1S/C8H7NO3/c1-9-6-3-2-5(10)4-7(6)12-8(9)11/h2-4,10H,1H3. The molecule has 0 saturated heterocycles. The van der Waals surface area contributed by atoms with E-state index in [-0.39, 0.29) is 5.75 Å². The van der Waals surface area contributed by atoms with E-state index in [1.807, 2.05) is 0 Å². The first kappa shape index (κ1) is 6.97. The number of fused-ring (bicyclic) bond motifs is 1. The molecule has 2 rings (SSSR count). The summed E-state index contributed by atoms with van der Waals surface area (Å²) in [5.74, 6) is -0.326. The number of rotatable bonds is 0. The fourth-order valence-corrected chi connectivity index (χ4v) is 1.12. The lowest BCUT2D eigenvalue weighted by Gasteiger charge is -1.91. The van der Waals surface area contributed by atoms with E-state index in [0.29, 0.717) is 11.1 Å². The Bertz CT molecular complexity index is 480. The number of aryl methyl sites for hydroxylation is 1. The third-order valence-corrected chi connectivity index (χ3v) is 1.78. The monoisotopic (exact) mass is 165 g/mol. The highest BCUT2D eigenvalue weighted by Gasteiger charge is 2.04. The van der Waals surface area contributed by atoms with Gasteiger partial charge in [-0.3, -0.25) is 4.57 Å². The number of phenolic OH excluding ortho intramolecular Hbond substituents is 1. The zero-order valence-corrected chi connectivity index (χ0v) is 6.44. The lowest BCUT2D eigenvalue weighted by molar-refractivity contribution is 0.473. The van der Waals surface area contributed by atoms with Crippen molar-refractivity contribution in [3.05, 3.63) is 28.7 Å². The van der Waals surface area contributed by atoms with Crippen LogP contribution in [0.15, 0.2) is 27.4 Å². The van der Waals surface area contributed by atoms with Crippen molar-refractivity contribution in [1.82, 2.24) is 4.57 Å². The van der Waals surface area contributed by atoms with Gasteiger partial charge in [-0.25, -0.2) is 4.79 Å². The smallest absolute Gasteiger partial charge is 0.419 e. The highest BCUT2D eigenvalue weighted by atomic mass is 16.4. The predicted molar refractivity (Wildman–Crippen MR) is 43.1 cm³/mol. The summed E-state index contributed by atoms with van der Waals surface area (Å²) in [4.78, 5) is 11.0. The highest BCUT2D eigenvalue weighted by Crippen LogP contribution is 2.17. The van der Waals surface area contributed by atoms with Gasteiger partial charge in [0.1, 0.15) is 5.75 Å². The van der Waals surface area contributed by atoms with Crippen molar-refractivity contribution in [1.29, 1.82) is 0 Å². The van der Waals surface area contributed by atoms with Crippen molar-refractivity contribution in [2.75, 3.05) is 0 Å². The van der Waals surface area contributed by atoms with Crippen LogP contribution in [-0.4, -0.2) is 9.67 Å². The van der Waals surface area contributed by atoms with E-state index < -0.39 is 5.76 Å². The molecule has 2 aromatic rings. The second kappa shape index (κ2) is 2.14. The quantitative estimate of drug-likeness (QED) is 0.629. The van der Waals surface area contributed by atoms with Gasteiger partial charge in [0.2, 0.25) is 0 Å². The molecule has 4 heteroatoms. The third-order valence-electron chi connectivity index (χ3n) is 1.78. The summed E-state index contributed by atoms with van der Waals surface area (Å²) in [7, 11) is 1.62. The molecule has 0 saturated carbocycles. The van der Waals surface area contributed by atoms with Gasteiger partial charge in [-0.05, 0) is 12.1 Å². The SMILES string of the molecule is Cn1c(=O)oc2cc(O)ccc21. The van der Waals surface area contributed by atoms with Gasteiger partial charge >= 0.3 is 5.76 Å². The van der Waals surface area contributed by atoms with Crippen LogP contribution in [0.3, 0.4) is 0 Å². The number of aromatic nitrogens is 1. The van der Waals surface area contributed by atoms with E-state index in [1.54, 1.807) is 13.1 Å². The van der Waals surface area contributed by atoms with Crippen molar-refractivity contribution >= 4 is 11.1 Å². The Labute approximate surface area is 67.7 Å². The third kappa shape index (κ3) is 0.812. The van der Waals surface area contributed by atoms with Crippen molar-refractivity contribution in [2.24, 2.45) is 7.05 Å². The van der Waals surface area contributed by atoms with Crippen molar-refractivity contribution < 1.29 is 9.52 Å². The molecule has 0 unspecified atom stereocenters. The Balaban J connectivity index is 2.96. The first-order valence-corrected chi connectivity index (χ1v) is 3.47. The number of phenols is 1. The lowest BCUT2D eigenvalue weighted by atomic mass is 10.3. The lowest BCUT2D eigenvalue weighted by Crippen LogP contribution is -2.08. The minimum Gasteiger partial charge on any atom is -0.508 e. The van der Waals surface area contributed by atoms with Crippen LogP contribution >= 0.6 is 0 Å². The largest absolute Gasteiger partial charge is 0.508 e. The van der Waals surface area contributed by atoms with E-state index in [2.05, 4.69) is 0 Å². The molecule has 0 spiro atoms. The Hall–Kier alpha value is -1.71. The molecular formula is C8H7NO3. The highest BCUT2D eigenvalue weighted by molar-refractivity contribution is 5.74. The number of hydrogen-bond acceptors (Lipinski definition) is 3. The minimum atomic E-state index is -0.421. The Morgan fingerprint density at radius 1 is 1.50 bits per heavy atom. The zero-order valence-electron chi connectivity index (χ0n) is 6.44. The molecule has 12 heavy (non-hydrogen) atoms. The Morgan fingerprint density at radius 3 is 3.00 bits per heavy atom. The first-order chi connectivity index (χ1) is 5.68. The average molecular weight is 165 g/mol. The van der Waals surface area contributed by atoms with Crippen LogP contribution in [0.1, 0.15) is 0 Å². The van der Waals surface area contributed by atoms with E-state index in [0.717, 1.165) is 0 Å². The van der Waals surface area contributed by atoms with Crippen LogP contribution in [0.5, 0.6) is 5.75 Å². The van der Waals surface area contributed by atoms with E-state index in [4.69, 9.17) is 9.52 Å². The zero-order chi connectivity index (χ0) is 8.72. The molecule has 4 nitrogen and oxygen atoms in total. The molecule has 0 amide bonds. The van der Waals surface area contributed by atoms with Gasteiger partial charge in [0, 0.05) is 13.1 Å². The second-order valence-corrected chi connectivity index (χ2v) is 2.58. The fourth-order valence-electron chi connectivity index (χ4n) is 1.12. The summed E-state index contributed by atoms with van der Waals surface area (Å²) >= 11 is 0. The first-order valence-electron chi connectivity index (χ1n) is 3.47. The van der Waals surface area contributed by atoms with Crippen LogP contribution in [-0.2, 0) is 7.05 Å². The Kier molecular flexibility index (Phi) is 1.24. The molecule has 0 aliphatic rings. The van der Waals surface area contributed by atoms with Crippen LogP contribution in [0.4, 0.5) is 0 Å².